The van der Waals surface area contributed by atoms with Gasteiger partial charge in [0.05, 0.1) is 25.4 Å². The van der Waals surface area contributed by atoms with Crippen LogP contribution in [0.5, 0.6) is 0 Å². The lowest BCUT2D eigenvalue weighted by atomic mass is 9.99. The number of aliphatic hydroxyl groups is 5. The molecule has 1 aliphatic heterocycles. The third-order valence-corrected chi connectivity index (χ3v) is 12.1. The number of amides is 1. The average Bonchev–Trinajstić information content (AvgIpc) is 3.39. The Hall–Kier alpha value is -4.20. The van der Waals surface area contributed by atoms with E-state index in [1.165, 1.54) is 38.5 Å². The van der Waals surface area contributed by atoms with Crippen LogP contribution in [-0.4, -0.2) is 99.6 Å². The Labute approximate surface area is 442 Å². The molecule has 11 heteroatoms. The summed E-state index contributed by atoms with van der Waals surface area (Å²) in [5.74, 6) is -1.30. The maximum atomic E-state index is 13.4. The van der Waals surface area contributed by atoms with E-state index in [1.807, 2.05) is 48.6 Å². The minimum absolute atomic E-state index is 0.0638. The molecule has 0 aromatic carbocycles. The first kappa shape index (κ1) is 66.8. The number of rotatable bonds is 44. The van der Waals surface area contributed by atoms with Crippen LogP contribution in [0.1, 0.15) is 181 Å². The molecule has 412 valence electrons. The van der Waals surface area contributed by atoms with E-state index in [9.17, 15) is 35.1 Å². The number of carbonyl (C=O) groups is 2. The van der Waals surface area contributed by atoms with Crippen molar-refractivity contribution in [3.63, 3.8) is 0 Å². The fourth-order valence-corrected chi connectivity index (χ4v) is 7.73. The normalized spacial score (nSPS) is 20.5. The molecule has 1 aliphatic rings. The van der Waals surface area contributed by atoms with E-state index in [0.717, 1.165) is 89.9 Å². The molecular weight excluding hydrogens is 919 g/mol. The number of hydrogen-bond donors (Lipinski definition) is 6. The van der Waals surface area contributed by atoms with Gasteiger partial charge in [-0.1, -0.05) is 212 Å². The van der Waals surface area contributed by atoms with Gasteiger partial charge in [0, 0.05) is 6.42 Å². The first-order chi connectivity index (χ1) is 35.7. The third-order valence-electron chi connectivity index (χ3n) is 12.1. The van der Waals surface area contributed by atoms with Gasteiger partial charge in [0.2, 0.25) is 5.91 Å². The lowest BCUT2D eigenvalue weighted by Gasteiger charge is -2.41. The first-order valence-corrected chi connectivity index (χ1v) is 28.0. The Morgan fingerprint density at radius 3 is 1.63 bits per heavy atom. The summed E-state index contributed by atoms with van der Waals surface area (Å²) in [6, 6.07) is -1.06. The van der Waals surface area contributed by atoms with Gasteiger partial charge in [0.1, 0.15) is 24.4 Å². The van der Waals surface area contributed by atoms with Gasteiger partial charge in [-0.05, 0) is 96.3 Å². The van der Waals surface area contributed by atoms with Crippen molar-refractivity contribution in [3.05, 3.63) is 134 Å². The van der Waals surface area contributed by atoms with Gasteiger partial charge in [-0.2, -0.15) is 0 Å². The summed E-state index contributed by atoms with van der Waals surface area (Å²) in [5, 5.41) is 56.7. The summed E-state index contributed by atoms with van der Waals surface area (Å²) in [5.41, 5.74) is 0. The lowest BCUT2D eigenvalue weighted by molar-refractivity contribution is -0.305. The molecular formula is C62H99NO10. The van der Waals surface area contributed by atoms with Crippen molar-refractivity contribution >= 4 is 11.9 Å². The zero-order valence-corrected chi connectivity index (χ0v) is 45.2. The van der Waals surface area contributed by atoms with Gasteiger partial charge in [-0.3, -0.25) is 9.59 Å². The van der Waals surface area contributed by atoms with Crippen molar-refractivity contribution in [1.82, 2.24) is 5.32 Å². The molecule has 0 radical (unpaired) electrons. The van der Waals surface area contributed by atoms with Gasteiger partial charge < -0.3 is 45.1 Å². The molecule has 1 amide bonds. The maximum Gasteiger partial charge on any atom is 0.306 e. The van der Waals surface area contributed by atoms with Crippen LogP contribution < -0.4 is 5.32 Å². The number of carbonyl (C=O) groups excluding carboxylic acids is 2. The largest absolute Gasteiger partial charge is 0.454 e. The zero-order valence-electron chi connectivity index (χ0n) is 45.2. The summed E-state index contributed by atoms with van der Waals surface area (Å²) in [6.07, 6.45) is 57.9. The molecule has 0 aliphatic carbocycles. The molecule has 73 heavy (non-hydrogen) atoms. The van der Waals surface area contributed by atoms with Crippen molar-refractivity contribution < 1.29 is 49.3 Å². The molecule has 1 heterocycles. The van der Waals surface area contributed by atoms with Crippen molar-refractivity contribution in [2.45, 2.75) is 230 Å². The molecule has 1 fully saturated rings. The molecule has 11 nitrogen and oxygen atoms in total. The summed E-state index contributed by atoms with van der Waals surface area (Å²) < 4.78 is 17.5. The van der Waals surface area contributed by atoms with Crippen LogP contribution in [-0.2, 0) is 23.8 Å². The van der Waals surface area contributed by atoms with E-state index in [2.05, 4.69) is 105 Å². The van der Waals surface area contributed by atoms with Gasteiger partial charge in [0.15, 0.2) is 12.4 Å². The fourth-order valence-electron chi connectivity index (χ4n) is 7.73. The topological polar surface area (TPSA) is 175 Å². The average molecular weight is 1020 g/mol. The molecule has 0 saturated carbocycles. The lowest BCUT2D eigenvalue weighted by Crippen LogP contribution is -2.61. The molecule has 0 aromatic heterocycles. The second-order valence-electron chi connectivity index (χ2n) is 18.6. The molecule has 0 bridgehead atoms. The Morgan fingerprint density at radius 1 is 0.562 bits per heavy atom. The van der Waals surface area contributed by atoms with E-state index >= 15 is 0 Å². The first-order valence-electron chi connectivity index (χ1n) is 28.0. The number of nitrogens with one attached hydrogen (secondary N) is 1. The second-order valence-corrected chi connectivity index (χ2v) is 18.6. The van der Waals surface area contributed by atoms with Crippen LogP contribution in [0, 0.1) is 0 Å². The Morgan fingerprint density at radius 2 is 1.05 bits per heavy atom. The third kappa shape index (κ3) is 37.2. The molecule has 1 rings (SSSR count). The summed E-state index contributed by atoms with van der Waals surface area (Å²) in [4.78, 5) is 26.4. The quantitative estimate of drug-likeness (QED) is 0.0149. The van der Waals surface area contributed by atoms with Gasteiger partial charge in [-0.15, -0.1) is 0 Å². The van der Waals surface area contributed by atoms with E-state index in [-0.39, 0.29) is 19.4 Å². The molecule has 8 unspecified atom stereocenters. The summed E-state index contributed by atoms with van der Waals surface area (Å²) >= 11 is 0. The molecule has 0 aromatic rings. The standard InChI is InChI=1S/C62H99NO10/c1-4-7-10-13-16-19-22-24-25-26-27-28-29-30-32-34-37-40-43-46-49-55(66)61(70)63-53(54(65)48-45-42-39-36-33-21-18-15-12-9-6-3)52-71-62-60(59(69)58(68)56(51-64)72-62)73-57(67)50-47-44-41-38-35-31-23-20-17-14-11-8-5-2/h7-8,10-11,14,16-17,19-20,23-25,27-28,30-32,35,37,40,45,48,53-56,58-60,62,64-66,68-69H,4-6,9,12-13,15,18,21-22,26,29,33-34,36,38-39,41-44,46-47,49-52H2,1-3H3,(H,63,70)/b10-7-,11-8+,17-14+,19-16-,23-20-,25-24-,28-27-,32-30-,35-31-,40-37-,48-45+. The maximum absolute atomic E-state index is 13.4. The van der Waals surface area contributed by atoms with Crippen molar-refractivity contribution in [2.75, 3.05) is 13.2 Å². The van der Waals surface area contributed by atoms with Gasteiger partial charge in [0.25, 0.3) is 0 Å². The van der Waals surface area contributed by atoms with E-state index in [1.54, 1.807) is 6.08 Å². The molecule has 8 atom stereocenters. The predicted octanol–water partition coefficient (Wildman–Crippen LogP) is 12.5. The monoisotopic (exact) mass is 1020 g/mol. The van der Waals surface area contributed by atoms with Crippen LogP contribution in [0.25, 0.3) is 0 Å². The zero-order chi connectivity index (χ0) is 53.3. The van der Waals surface area contributed by atoms with Crippen LogP contribution >= 0.6 is 0 Å². The van der Waals surface area contributed by atoms with Gasteiger partial charge in [-0.25, -0.2) is 0 Å². The number of aliphatic hydroxyl groups excluding tert-OH is 5. The van der Waals surface area contributed by atoms with Crippen LogP contribution in [0.2, 0.25) is 0 Å². The Balaban J connectivity index is 2.79. The molecule has 1 saturated heterocycles. The minimum atomic E-state index is -1.65. The number of allylic oxidation sites excluding steroid dienone is 21. The fraction of sp³-hybridized carbons (Fsp3) is 0.613. The van der Waals surface area contributed by atoms with Crippen LogP contribution in [0.15, 0.2) is 134 Å². The van der Waals surface area contributed by atoms with Crippen molar-refractivity contribution in [1.29, 1.82) is 0 Å². The van der Waals surface area contributed by atoms with E-state index in [4.69, 9.17) is 14.2 Å². The van der Waals surface area contributed by atoms with Crippen LogP contribution in [0.3, 0.4) is 0 Å². The smallest absolute Gasteiger partial charge is 0.306 e. The number of ether oxygens (including phenoxy) is 3. The summed E-state index contributed by atoms with van der Waals surface area (Å²) in [7, 11) is 0. The SMILES string of the molecule is CC/C=C\C/C=C\C/C=C\C/C=C\C/C=C\C/C=C\CCCC(O)C(=O)NC(COC1OC(CO)C(O)C(O)C1OC(=O)CCCCC\C=C/C=C\C=C\C=C\CC)C(O)/C=C/CCCCCCCCCCC. The number of esters is 1. The van der Waals surface area contributed by atoms with Gasteiger partial charge >= 0.3 is 5.97 Å². The predicted molar refractivity (Wildman–Crippen MR) is 301 cm³/mol. The van der Waals surface area contributed by atoms with E-state index < -0.39 is 67.4 Å². The van der Waals surface area contributed by atoms with Crippen LogP contribution in [0.4, 0.5) is 0 Å². The van der Waals surface area contributed by atoms with Crippen molar-refractivity contribution in [3.8, 4) is 0 Å². The van der Waals surface area contributed by atoms with E-state index in [0.29, 0.717) is 19.3 Å². The summed E-state index contributed by atoms with van der Waals surface area (Å²) in [6.45, 7) is 5.43. The highest BCUT2D eigenvalue weighted by Crippen LogP contribution is 2.26. The highest BCUT2D eigenvalue weighted by atomic mass is 16.7. The molecule has 0 spiro atoms. The highest BCUT2D eigenvalue weighted by molar-refractivity contribution is 5.80. The molecule has 6 N–H and O–H groups in total. The number of unbranched alkanes of at least 4 members (excludes halogenated alkanes) is 13. The number of hydrogen-bond acceptors (Lipinski definition) is 10. The Bertz CT molecular complexity index is 1690. The van der Waals surface area contributed by atoms with Crippen molar-refractivity contribution in [2.24, 2.45) is 0 Å². The Kier molecular flexibility index (Phi) is 44.6. The second kappa shape index (κ2) is 48.7. The highest BCUT2D eigenvalue weighted by Gasteiger charge is 2.47. The minimum Gasteiger partial charge on any atom is -0.454 e.